The highest BCUT2D eigenvalue weighted by molar-refractivity contribution is 7.20. The molecule has 1 aromatic carbocycles. The molecule has 0 spiro atoms. The highest BCUT2D eigenvalue weighted by Gasteiger charge is 2.05. The Labute approximate surface area is 114 Å². The Bertz CT molecular complexity index is 681. The van der Waals surface area contributed by atoms with Crippen LogP contribution in [0.15, 0.2) is 42.6 Å². The van der Waals surface area contributed by atoms with Gasteiger partial charge in [0.05, 0.1) is 16.8 Å². The summed E-state index contributed by atoms with van der Waals surface area (Å²) in [7, 11) is 0. The maximum atomic E-state index is 5.74. The Balaban J connectivity index is 1.65. The molecule has 3 rings (SSSR count). The molecule has 0 unspecified atom stereocenters. The molecule has 4 nitrogen and oxygen atoms in total. The van der Waals surface area contributed by atoms with Crippen molar-refractivity contribution in [1.29, 1.82) is 0 Å². The van der Waals surface area contributed by atoms with Crippen molar-refractivity contribution in [3.8, 4) is 5.19 Å². The van der Waals surface area contributed by atoms with Crippen molar-refractivity contribution in [3.05, 3.63) is 48.3 Å². The number of hydrogen-bond acceptors (Lipinski definition) is 5. The highest BCUT2D eigenvalue weighted by Crippen LogP contribution is 2.29. The third-order valence-electron chi connectivity index (χ3n) is 2.70. The molecule has 0 bridgehead atoms. The number of pyridine rings is 1. The Morgan fingerprint density at radius 1 is 1.21 bits per heavy atom. The average molecular weight is 271 g/mol. The van der Waals surface area contributed by atoms with Crippen LogP contribution in [0.2, 0.25) is 0 Å². The van der Waals surface area contributed by atoms with Gasteiger partial charge >= 0.3 is 0 Å². The number of anilines is 1. The van der Waals surface area contributed by atoms with Gasteiger partial charge in [-0.25, -0.2) is 4.98 Å². The van der Waals surface area contributed by atoms with E-state index in [-0.39, 0.29) is 0 Å². The molecule has 0 aliphatic carbocycles. The van der Waals surface area contributed by atoms with E-state index in [1.54, 1.807) is 6.20 Å². The lowest BCUT2D eigenvalue weighted by Crippen LogP contribution is -2.02. The molecule has 0 radical (unpaired) electrons. The average Bonchev–Trinajstić information content (AvgIpc) is 2.82. The summed E-state index contributed by atoms with van der Waals surface area (Å²) in [6.45, 7) is 0.576. The van der Waals surface area contributed by atoms with Gasteiger partial charge < -0.3 is 10.5 Å². The normalized spacial score (nSPS) is 10.7. The molecule has 3 aromatic rings. The van der Waals surface area contributed by atoms with E-state index in [9.17, 15) is 0 Å². The third kappa shape index (κ3) is 2.82. The summed E-state index contributed by atoms with van der Waals surface area (Å²) in [5.41, 5.74) is 8.43. The lowest BCUT2D eigenvalue weighted by molar-refractivity contribution is 0.319. The fraction of sp³-hybridized carbons (Fsp3) is 0.143. The van der Waals surface area contributed by atoms with E-state index < -0.39 is 0 Å². The van der Waals surface area contributed by atoms with Crippen LogP contribution in [0.3, 0.4) is 0 Å². The summed E-state index contributed by atoms with van der Waals surface area (Å²) in [5.74, 6) is 0. The van der Waals surface area contributed by atoms with Gasteiger partial charge in [0.1, 0.15) is 0 Å². The number of fused-ring (bicyclic) bond motifs is 1. The van der Waals surface area contributed by atoms with Crippen LogP contribution < -0.4 is 10.5 Å². The number of nitrogens with zero attached hydrogens (tertiary/aromatic N) is 2. The molecule has 0 aliphatic heterocycles. The number of hydrogen-bond donors (Lipinski definition) is 1. The van der Waals surface area contributed by atoms with Crippen molar-refractivity contribution >= 4 is 27.2 Å². The van der Waals surface area contributed by atoms with Crippen LogP contribution in [-0.2, 0) is 6.42 Å². The molecular weight excluding hydrogens is 258 g/mol. The van der Waals surface area contributed by atoms with Crippen LogP contribution in [0.4, 0.5) is 5.69 Å². The number of nitrogens with two attached hydrogens (primary N) is 1. The van der Waals surface area contributed by atoms with E-state index in [0.29, 0.717) is 11.8 Å². The minimum atomic E-state index is 0.576. The topological polar surface area (TPSA) is 61.0 Å². The van der Waals surface area contributed by atoms with Crippen LogP contribution in [0.1, 0.15) is 5.69 Å². The fourth-order valence-electron chi connectivity index (χ4n) is 1.77. The first kappa shape index (κ1) is 11.9. The monoisotopic (exact) mass is 271 g/mol. The number of nitrogen functional groups attached to an aromatic ring is 1. The Kier molecular flexibility index (Phi) is 3.29. The van der Waals surface area contributed by atoms with Crippen molar-refractivity contribution in [2.75, 3.05) is 12.3 Å². The molecule has 0 fully saturated rings. The highest BCUT2D eigenvalue weighted by atomic mass is 32.1. The van der Waals surface area contributed by atoms with Gasteiger partial charge in [-0.1, -0.05) is 17.4 Å². The first-order chi connectivity index (χ1) is 9.31. The minimum absolute atomic E-state index is 0.576. The van der Waals surface area contributed by atoms with Crippen molar-refractivity contribution in [2.24, 2.45) is 0 Å². The number of ether oxygens (including phenoxy) is 1. The summed E-state index contributed by atoms with van der Waals surface area (Å²) in [6, 6.07) is 11.5. The van der Waals surface area contributed by atoms with Crippen LogP contribution in [0.5, 0.6) is 5.19 Å². The molecule has 2 N–H and O–H groups in total. The van der Waals surface area contributed by atoms with Gasteiger partial charge in [-0.05, 0) is 30.3 Å². The second-order valence-corrected chi connectivity index (χ2v) is 5.12. The van der Waals surface area contributed by atoms with Crippen LogP contribution in [-0.4, -0.2) is 16.6 Å². The van der Waals surface area contributed by atoms with E-state index in [2.05, 4.69) is 9.97 Å². The van der Waals surface area contributed by atoms with Crippen LogP contribution >= 0.6 is 11.3 Å². The standard InChI is InChI=1S/C14H13N3OS/c15-10-4-5-12-13(9-10)19-14(17-12)18-8-6-11-3-1-2-7-16-11/h1-5,7,9H,6,8,15H2. The molecule has 0 atom stereocenters. The fourth-order valence-corrected chi connectivity index (χ4v) is 2.66. The van der Waals surface area contributed by atoms with Gasteiger partial charge in [-0.3, -0.25) is 4.98 Å². The molecule has 0 amide bonds. The summed E-state index contributed by atoms with van der Waals surface area (Å²) in [6.07, 6.45) is 2.56. The van der Waals surface area contributed by atoms with E-state index >= 15 is 0 Å². The van der Waals surface area contributed by atoms with Gasteiger partial charge in [0, 0.05) is 24.0 Å². The zero-order valence-corrected chi connectivity index (χ0v) is 11.1. The Hall–Kier alpha value is -2.14. The quantitative estimate of drug-likeness (QED) is 0.741. The maximum absolute atomic E-state index is 5.74. The Morgan fingerprint density at radius 3 is 3.00 bits per heavy atom. The van der Waals surface area contributed by atoms with Crippen LogP contribution in [0, 0.1) is 0 Å². The molecule has 0 saturated heterocycles. The zero-order valence-electron chi connectivity index (χ0n) is 10.2. The predicted molar refractivity (Wildman–Crippen MR) is 77.5 cm³/mol. The van der Waals surface area contributed by atoms with E-state index in [0.717, 1.165) is 28.0 Å². The number of benzene rings is 1. The molecule has 2 heterocycles. The SMILES string of the molecule is Nc1ccc2nc(OCCc3ccccn3)sc2c1. The summed E-state index contributed by atoms with van der Waals surface area (Å²) >= 11 is 1.51. The summed E-state index contributed by atoms with van der Waals surface area (Å²) in [4.78, 5) is 8.66. The zero-order chi connectivity index (χ0) is 13.1. The molecule has 19 heavy (non-hydrogen) atoms. The second-order valence-electron chi connectivity index (χ2n) is 4.13. The number of rotatable bonds is 4. The molecule has 0 saturated carbocycles. The van der Waals surface area contributed by atoms with Crippen molar-refractivity contribution in [2.45, 2.75) is 6.42 Å². The lowest BCUT2D eigenvalue weighted by Gasteiger charge is -2.01. The van der Waals surface area contributed by atoms with Crippen molar-refractivity contribution in [3.63, 3.8) is 0 Å². The first-order valence-electron chi connectivity index (χ1n) is 6.00. The van der Waals surface area contributed by atoms with Gasteiger partial charge in [-0.15, -0.1) is 0 Å². The lowest BCUT2D eigenvalue weighted by atomic mass is 10.3. The summed E-state index contributed by atoms with van der Waals surface area (Å²) < 4.78 is 6.71. The first-order valence-corrected chi connectivity index (χ1v) is 6.82. The number of thiazole rings is 1. The maximum Gasteiger partial charge on any atom is 0.274 e. The summed E-state index contributed by atoms with van der Waals surface area (Å²) in [5, 5.41) is 0.677. The van der Waals surface area contributed by atoms with Gasteiger partial charge in [0.25, 0.3) is 5.19 Å². The third-order valence-corrected chi connectivity index (χ3v) is 3.63. The van der Waals surface area contributed by atoms with E-state index in [4.69, 9.17) is 10.5 Å². The van der Waals surface area contributed by atoms with Crippen molar-refractivity contribution in [1.82, 2.24) is 9.97 Å². The van der Waals surface area contributed by atoms with E-state index in [1.165, 1.54) is 11.3 Å². The van der Waals surface area contributed by atoms with Gasteiger partial charge in [-0.2, -0.15) is 0 Å². The van der Waals surface area contributed by atoms with Gasteiger partial charge in [0.2, 0.25) is 0 Å². The minimum Gasteiger partial charge on any atom is -0.470 e. The predicted octanol–water partition coefficient (Wildman–Crippen LogP) is 2.90. The smallest absolute Gasteiger partial charge is 0.274 e. The largest absolute Gasteiger partial charge is 0.470 e. The van der Waals surface area contributed by atoms with Crippen molar-refractivity contribution < 1.29 is 4.74 Å². The Morgan fingerprint density at radius 2 is 2.16 bits per heavy atom. The van der Waals surface area contributed by atoms with Gasteiger partial charge in [0.15, 0.2) is 0 Å². The molecule has 5 heteroatoms. The molecule has 0 aliphatic rings. The number of aromatic nitrogens is 2. The molecular formula is C14H13N3OS. The molecule has 96 valence electrons. The molecule has 2 aromatic heterocycles. The van der Waals surface area contributed by atoms with Crippen LogP contribution in [0.25, 0.3) is 10.2 Å². The van der Waals surface area contributed by atoms with E-state index in [1.807, 2.05) is 36.4 Å². The second kappa shape index (κ2) is 5.24.